The molecule has 30 heavy (non-hydrogen) atoms. The largest absolute Gasteiger partial charge is 0.462 e. The maximum atomic E-state index is 12.9. The van der Waals surface area contributed by atoms with Crippen molar-refractivity contribution in [3.63, 3.8) is 0 Å². The molecule has 0 radical (unpaired) electrons. The molecule has 0 bridgehead atoms. The van der Waals surface area contributed by atoms with Crippen molar-refractivity contribution in [2.75, 3.05) is 18.1 Å². The minimum atomic E-state index is -0.555. The van der Waals surface area contributed by atoms with Gasteiger partial charge in [0.2, 0.25) is 0 Å². The summed E-state index contributed by atoms with van der Waals surface area (Å²) in [5.74, 6) is -1.47. The molecule has 3 aromatic rings. The molecule has 0 saturated heterocycles. The van der Waals surface area contributed by atoms with E-state index in [0.717, 1.165) is 16.9 Å². The van der Waals surface area contributed by atoms with Gasteiger partial charge in [-0.3, -0.25) is 9.69 Å². The number of aromatic nitrogens is 1. The van der Waals surface area contributed by atoms with Crippen LogP contribution in [0.3, 0.4) is 0 Å². The fraction of sp³-hybridized carbons (Fsp3) is 0.238. The molecule has 0 fully saturated rings. The van der Waals surface area contributed by atoms with E-state index in [1.807, 2.05) is 30.3 Å². The molecule has 9 heteroatoms. The SMILES string of the molecule is CCOC(=O)c1sc(N(Cc2ccccc2)C(=O)COC(=O)c2cccs2)nc1C. The van der Waals surface area contributed by atoms with Crippen LogP contribution in [0.4, 0.5) is 5.13 Å². The van der Waals surface area contributed by atoms with Crippen LogP contribution < -0.4 is 4.90 Å². The average molecular weight is 445 g/mol. The van der Waals surface area contributed by atoms with Crippen LogP contribution in [0.5, 0.6) is 0 Å². The van der Waals surface area contributed by atoms with Crippen molar-refractivity contribution in [3.8, 4) is 0 Å². The van der Waals surface area contributed by atoms with E-state index in [-0.39, 0.29) is 13.2 Å². The van der Waals surface area contributed by atoms with Gasteiger partial charge in [-0.1, -0.05) is 47.7 Å². The second kappa shape index (κ2) is 10.1. The Bertz CT molecular complexity index is 1020. The first-order valence-corrected chi connectivity index (χ1v) is 10.9. The number of nitrogens with zero attached hydrogens (tertiary/aromatic N) is 2. The topological polar surface area (TPSA) is 85.8 Å². The van der Waals surface area contributed by atoms with Crippen molar-refractivity contribution in [1.82, 2.24) is 4.98 Å². The smallest absolute Gasteiger partial charge is 0.350 e. The predicted molar refractivity (Wildman–Crippen MR) is 115 cm³/mol. The zero-order valence-electron chi connectivity index (χ0n) is 16.5. The molecule has 0 unspecified atom stereocenters. The summed E-state index contributed by atoms with van der Waals surface area (Å²) in [5, 5.41) is 2.10. The number of ether oxygens (including phenoxy) is 2. The number of hydrogen-bond acceptors (Lipinski definition) is 8. The minimum Gasteiger partial charge on any atom is -0.462 e. The maximum Gasteiger partial charge on any atom is 0.350 e. The number of amides is 1. The zero-order chi connectivity index (χ0) is 21.5. The number of carbonyl (C=O) groups is 3. The second-order valence-corrected chi connectivity index (χ2v) is 8.08. The standard InChI is InChI=1S/C21H20N2O5S2/c1-3-27-20(26)18-14(2)22-21(30-18)23(12-15-8-5-4-6-9-15)17(24)13-28-19(25)16-10-7-11-29-16/h4-11H,3,12-13H2,1-2H3. The number of aryl methyl sites for hydroxylation is 1. The van der Waals surface area contributed by atoms with Crippen molar-refractivity contribution in [3.05, 3.63) is 68.9 Å². The number of benzene rings is 1. The number of anilines is 1. The predicted octanol–water partition coefficient (Wildman–Crippen LogP) is 4.08. The van der Waals surface area contributed by atoms with Crippen LogP contribution in [0.15, 0.2) is 47.8 Å². The lowest BCUT2D eigenvalue weighted by Gasteiger charge is -2.20. The fourth-order valence-corrected chi connectivity index (χ4v) is 4.18. The fourth-order valence-electron chi connectivity index (χ4n) is 2.58. The third kappa shape index (κ3) is 5.31. The Balaban J connectivity index is 1.81. The van der Waals surface area contributed by atoms with Gasteiger partial charge in [0.25, 0.3) is 5.91 Å². The van der Waals surface area contributed by atoms with E-state index in [1.165, 1.54) is 16.2 Å². The van der Waals surface area contributed by atoms with Gasteiger partial charge in [-0.2, -0.15) is 0 Å². The van der Waals surface area contributed by atoms with Gasteiger partial charge in [-0.25, -0.2) is 14.6 Å². The summed E-state index contributed by atoms with van der Waals surface area (Å²) in [6, 6.07) is 12.7. The molecule has 0 atom stereocenters. The van der Waals surface area contributed by atoms with Crippen molar-refractivity contribution in [1.29, 1.82) is 0 Å². The molecule has 3 rings (SSSR count). The highest BCUT2D eigenvalue weighted by molar-refractivity contribution is 7.17. The van der Waals surface area contributed by atoms with E-state index in [1.54, 1.807) is 31.4 Å². The average Bonchev–Trinajstić information content (AvgIpc) is 3.41. The van der Waals surface area contributed by atoms with E-state index in [9.17, 15) is 14.4 Å². The number of carbonyl (C=O) groups excluding carboxylic acids is 3. The highest BCUT2D eigenvalue weighted by atomic mass is 32.1. The molecular formula is C21H20N2O5S2. The van der Waals surface area contributed by atoms with Crippen LogP contribution in [0.1, 0.15) is 37.5 Å². The summed E-state index contributed by atoms with van der Waals surface area (Å²) in [7, 11) is 0. The Morgan fingerprint density at radius 2 is 1.80 bits per heavy atom. The van der Waals surface area contributed by atoms with Gasteiger partial charge >= 0.3 is 11.9 Å². The molecule has 1 amide bonds. The number of esters is 2. The molecular weight excluding hydrogens is 424 g/mol. The third-order valence-electron chi connectivity index (χ3n) is 4.01. The summed E-state index contributed by atoms with van der Waals surface area (Å²) < 4.78 is 10.2. The van der Waals surface area contributed by atoms with Crippen LogP contribution in [-0.2, 0) is 20.8 Å². The number of hydrogen-bond donors (Lipinski definition) is 0. The lowest BCUT2D eigenvalue weighted by molar-refractivity contribution is -0.121. The first-order valence-electron chi connectivity index (χ1n) is 9.19. The van der Waals surface area contributed by atoms with Gasteiger partial charge in [0.15, 0.2) is 11.7 Å². The van der Waals surface area contributed by atoms with Crippen molar-refractivity contribution in [2.24, 2.45) is 0 Å². The van der Waals surface area contributed by atoms with Gasteiger partial charge in [0.1, 0.15) is 9.75 Å². The van der Waals surface area contributed by atoms with Gasteiger partial charge in [0.05, 0.1) is 18.8 Å². The molecule has 0 aliphatic carbocycles. The van der Waals surface area contributed by atoms with E-state index < -0.39 is 24.5 Å². The van der Waals surface area contributed by atoms with Gasteiger partial charge in [-0.15, -0.1) is 11.3 Å². The summed E-state index contributed by atoms with van der Waals surface area (Å²) in [6.45, 7) is 3.45. The molecule has 7 nitrogen and oxygen atoms in total. The molecule has 156 valence electrons. The lowest BCUT2D eigenvalue weighted by atomic mass is 10.2. The molecule has 1 aromatic carbocycles. The Morgan fingerprint density at radius 1 is 1.03 bits per heavy atom. The van der Waals surface area contributed by atoms with Crippen LogP contribution in [-0.4, -0.2) is 36.0 Å². The summed E-state index contributed by atoms with van der Waals surface area (Å²) in [4.78, 5) is 43.8. The van der Waals surface area contributed by atoms with Crippen LogP contribution in [0, 0.1) is 6.92 Å². The van der Waals surface area contributed by atoms with Crippen molar-refractivity contribution < 1.29 is 23.9 Å². The third-order valence-corrected chi connectivity index (χ3v) is 6.02. The Morgan fingerprint density at radius 3 is 2.47 bits per heavy atom. The van der Waals surface area contributed by atoms with E-state index >= 15 is 0 Å². The minimum absolute atomic E-state index is 0.228. The Kier molecular flexibility index (Phi) is 7.31. The quantitative estimate of drug-likeness (QED) is 0.487. The monoisotopic (exact) mass is 444 g/mol. The van der Waals surface area contributed by atoms with Gasteiger partial charge in [-0.05, 0) is 30.9 Å². The van der Waals surface area contributed by atoms with Crippen LogP contribution >= 0.6 is 22.7 Å². The number of rotatable bonds is 8. The molecule has 0 spiro atoms. The van der Waals surface area contributed by atoms with Crippen LogP contribution in [0.25, 0.3) is 0 Å². The molecule has 0 saturated carbocycles. The summed E-state index contributed by atoms with van der Waals surface area (Å²) in [5.41, 5.74) is 1.36. The number of thiazole rings is 1. The second-order valence-electron chi connectivity index (χ2n) is 6.15. The van der Waals surface area contributed by atoms with Gasteiger partial charge < -0.3 is 9.47 Å². The lowest BCUT2D eigenvalue weighted by Crippen LogP contribution is -2.34. The molecule has 0 aliphatic heterocycles. The van der Waals surface area contributed by atoms with E-state index in [2.05, 4.69) is 4.98 Å². The first kappa shape index (κ1) is 21.7. The molecule has 2 aromatic heterocycles. The number of thiophene rings is 1. The molecule has 0 aliphatic rings. The summed E-state index contributed by atoms with van der Waals surface area (Å²) in [6.07, 6.45) is 0. The first-order chi connectivity index (χ1) is 14.5. The van der Waals surface area contributed by atoms with E-state index in [4.69, 9.17) is 9.47 Å². The summed E-state index contributed by atoms with van der Waals surface area (Å²) >= 11 is 2.32. The zero-order valence-corrected chi connectivity index (χ0v) is 18.1. The molecule has 2 heterocycles. The Hall–Kier alpha value is -3.04. The van der Waals surface area contributed by atoms with Gasteiger partial charge in [0, 0.05) is 0 Å². The molecule has 0 N–H and O–H groups in total. The highest BCUT2D eigenvalue weighted by Crippen LogP contribution is 2.28. The highest BCUT2D eigenvalue weighted by Gasteiger charge is 2.25. The van der Waals surface area contributed by atoms with E-state index in [0.29, 0.717) is 20.6 Å². The normalized spacial score (nSPS) is 10.5. The van der Waals surface area contributed by atoms with Crippen molar-refractivity contribution >= 4 is 45.7 Å². The van der Waals surface area contributed by atoms with Crippen LogP contribution in [0.2, 0.25) is 0 Å². The maximum absolute atomic E-state index is 12.9. The van der Waals surface area contributed by atoms with Crippen molar-refractivity contribution in [2.45, 2.75) is 20.4 Å². The Labute approximate surface area is 181 Å².